The van der Waals surface area contributed by atoms with Crippen LogP contribution in [0.5, 0.6) is 0 Å². The first-order valence-electron chi connectivity index (χ1n) is 44.1. The molecule has 0 aliphatic carbocycles. The lowest BCUT2D eigenvalue weighted by molar-refractivity contribution is -0.161. The summed E-state index contributed by atoms with van der Waals surface area (Å²) in [5.74, 6) is -1.35. The predicted octanol–water partition coefficient (Wildman–Crippen LogP) is 26.0. The maximum Gasteiger partial charge on any atom is 0.472 e. The van der Waals surface area contributed by atoms with Crippen LogP contribution in [0.3, 0.4) is 0 Å². The monoisotopic (exact) mass is 1520 g/mol. The minimum absolute atomic E-state index is 0.107. The van der Waals surface area contributed by atoms with Crippen molar-refractivity contribution < 1.29 is 80.2 Å². The second-order valence-electron chi connectivity index (χ2n) is 31.1. The number of carbonyl (C=O) groups excluding carboxylic acids is 4. The first kappa shape index (κ1) is 102. The van der Waals surface area contributed by atoms with Gasteiger partial charge in [-0.15, -0.1) is 0 Å². The number of phosphoric acid groups is 2. The van der Waals surface area contributed by atoms with E-state index in [1.165, 1.54) is 283 Å². The van der Waals surface area contributed by atoms with Gasteiger partial charge in [-0.05, 0) is 31.6 Å². The number of unbranched alkanes of at least 4 members (excludes halogenated alkanes) is 57. The quantitative estimate of drug-likeness (QED) is 0.0222. The molecule has 0 radical (unpaired) electrons. The van der Waals surface area contributed by atoms with E-state index >= 15 is 0 Å². The van der Waals surface area contributed by atoms with Crippen molar-refractivity contribution in [1.82, 2.24) is 0 Å². The van der Waals surface area contributed by atoms with Crippen LogP contribution in [0.4, 0.5) is 0 Å². The fourth-order valence-corrected chi connectivity index (χ4v) is 14.9. The summed E-state index contributed by atoms with van der Waals surface area (Å²) in [5, 5.41) is 10.7. The Balaban J connectivity index is 5.22. The number of carbonyl (C=O) groups is 4. The van der Waals surface area contributed by atoms with Crippen LogP contribution >= 0.6 is 15.6 Å². The van der Waals surface area contributed by atoms with Gasteiger partial charge in [0.15, 0.2) is 12.2 Å². The highest BCUT2D eigenvalue weighted by atomic mass is 31.2. The minimum atomic E-state index is -4.96. The Hall–Kier alpha value is -1.94. The van der Waals surface area contributed by atoms with Gasteiger partial charge in [0.2, 0.25) is 0 Å². The number of hydrogen-bond acceptors (Lipinski definition) is 15. The van der Waals surface area contributed by atoms with Gasteiger partial charge in [-0.3, -0.25) is 37.3 Å². The van der Waals surface area contributed by atoms with E-state index in [1.54, 1.807) is 0 Å². The van der Waals surface area contributed by atoms with Crippen LogP contribution in [0.15, 0.2) is 0 Å². The summed E-state index contributed by atoms with van der Waals surface area (Å²) in [5.41, 5.74) is 0. The van der Waals surface area contributed by atoms with Crippen molar-refractivity contribution in [3.8, 4) is 0 Å². The third-order valence-electron chi connectivity index (χ3n) is 20.0. The molecule has 17 nitrogen and oxygen atoms in total. The summed E-state index contributed by atoms with van der Waals surface area (Å²) in [6.07, 6.45) is 70.9. The molecule has 0 fully saturated rings. The molecule has 618 valence electrons. The molecule has 0 rings (SSSR count). The smallest absolute Gasteiger partial charge is 0.462 e. The van der Waals surface area contributed by atoms with Crippen LogP contribution in [-0.4, -0.2) is 96.7 Å². The first-order chi connectivity index (χ1) is 50.5. The lowest BCUT2D eigenvalue weighted by Gasteiger charge is -2.21. The standard InChI is InChI=1S/C85H166O17P2/c1-6-9-12-15-18-21-24-26-28-30-32-34-36-38-40-43-49-54-59-64-69-83(88)96-75-80(101-84(89)70-65-60-55-50-44-41-39-37-35-33-31-29-27-25-22-19-16-13-10-7-2)76-99-103(91,92)97-72-79(86)73-98-104(93,94)100-77-81(74-95-82(87)68-63-58-53-48-42-23-20-17-14-11-8-3)102-85(90)71-66-61-56-51-46-45-47-52-57-62-67-78(4)5/h78-81,86H,6-77H2,1-5H3,(H,91,92)(H,93,94)/t79-,80-,81-/m1/s1. The molecule has 0 heterocycles. The Morgan fingerprint density at radius 2 is 0.442 bits per heavy atom. The number of rotatable bonds is 85. The molecular formula is C85H166O17P2. The van der Waals surface area contributed by atoms with Crippen molar-refractivity contribution >= 4 is 39.5 Å². The molecule has 0 saturated carbocycles. The zero-order valence-corrected chi connectivity index (χ0v) is 70.0. The number of hydrogen-bond donors (Lipinski definition) is 3. The van der Waals surface area contributed by atoms with Crippen LogP contribution in [0, 0.1) is 5.92 Å². The molecule has 0 aliphatic rings. The average molecular weight is 1520 g/mol. The number of aliphatic hydroxyl groups is 1. The summed E-state index contributed by atoms with van der Waals surface area (Å²) in [6, 6.07) is 0. The van der Waals surface area contributed by atoms with E-state index in [1.807, 2.05) is 0 Å². The van der Waals surface area contributed by atoms with Gasteiger partial charge < -0.3 is 33.8 Å². The van der Waals surface area contributed by atoms with Crippen molar-refractivity contribution in [2.45, 2.75) is 477 Å². The SMILES string of the molecule is CCCCCCCCCCCCCCCCCCCCCCC(=O)OC[C@H](COP(=O)(O)OC[C@@H](O)COP(=O)(O)OC[C@@H](COC(=O)CCCCCCCCCCCCC)OC(=O)CCCCCCCCCCCCC(C)C)OC(=O)CCCCCCCCCCCCCCCCCCCCCC. The molecule has 0 saturated heterocycles. The molecule has 5 atom stereocenters. The van der Waals surface area contributed by atoms with Gasteiger partial charge in [-0.1, -0.05) is 407 Å². The van der Waals surface area contributed by atoms with Crippen LogP contribution in [0.1, 0.15) is 458 Å². The minimum Gasteiger partial charge on any atom is -0.462 e. The molecule has 104 heavy (non-hydrogen) atoms. The van der Waals surface area contributed by atoms with E-state index in [0.29, 0.717) is 25.7 Å². The van der Waals surface area contributed by atoms with Crippen LogP contribution < -0.4 is 0 Å². The second kappa shape index (κ2) is 77.8. The number of phosphoric ester groups is 2. The van der Waals surface area contributed by atoms with Gasteiger partial charge in [0.1, 0.15) is 19.3 Å². The highest BCUT2D eigenvalue weighted by molar-refractivity contribution is 7.47. The summed E-state index contributed by atoms with van der Waals surface area (Å²) in [4.78, 5) is 73.2. The van der Waals surface area contributed by atoms with Crippen molar-refractivity contribution in [2.75, 3.05) is 39.6 Å². The lowest BCUT2D eigenvalue weighted by atomic mass is 10.0. The summed E-state index contributed by atoms with van der Waals surface area (Å²) < 4.78 is 68.8. The fraction of sp³-hybridized carbons (Fsp3) is 0.953. The zero-order valence-electron chi connectivity index (χ0n) is 68.2. The average Bonchev–Trinajstić information content (AvgIpc) is 0.910. The Morgan fingerprint density at radius 1 is 0.260 bits per heavy atom. The zero-order chi connectivity index (χ0) is 76.2. The molecule has 0 bridgehead atoms. The van der Waals surface area contributed by atoms with E-state index in [9.17, 15) is 43.2 Å². The van der Waals surface area contributed by atoms with Gasteiger partial charge >= 0.3 is 39.5 Å². The van der Waals surface area contributed by atoms with E-state index < -0.39 is 97.5 Å². The predicted molar refractivity (Wildman–Crippen MR) is 428 cm³/mol. The van der Waals surface area contributed by atoms with Gasteiger partial charge in [0, 0.05) is 25.7 Å². The van der Waals surface area contributed by atoms with Crippen molar-refractivity contribution in [3.63, 3.8) is 0 Å². The molecule has 0 aliphatic heterocycles. The maximum atomic E-state index is 13.1. The van der Waals surface area contributed by atoms with Crippen LogP contribution in [0.2, 0.25) is 0 Å². The summed E-state index contributed by atoms with van der Waals surface area (Å²) in [7, 11) is -9.92. The van der Waals surface area contributed by atoms with Crippen molar-refractivity contribution in [2.24, 2.45) is 5.92 Å². The Labute approximate surface area is 638 Å². The van der Waals surface area contributed by atoms with Crippen LogP contribution in [-0.2, 0) is 65.4 Å². The molecule has 2 unspecified atom stereocenters. The van der Waals surface area contributed by atoms with Crippen LogP contribution in [0.25, 0.3) is 0 Å². The largest absolute Gasteiger partial charge is 0.472 e. The molecular weight excluding hydrogens is 1350 g/mol. The highest BCUT2D eigenvalue weighted by Gasteiger charge is 2.30. The molecule has 3 N–H and O–H groups in total. The molecule has 0 aromatic rings. The van der Waals surface area contributed by atoms with E-state index in [2.05, 4.69) is 34.6 Å². The van der Waals surface area contributed by atoms with Gasteiger partial charge in [0.25, 0.3) is 0 Å². The van der Waals surface area contributed by atoms with E-state index in [-0.39, 0.29) is 25.7 Å². The van der Waals surface area contributed by atoms with Crippen molar-refractivity contribution in [1.29, 1.82) is 0 Å². The lowest BCUT2D eigenvalue weighted by Crippen LogP contribution is -2.30. The molecule has 19 heteroatoms. The van der Waals surface area contributed by atoms with E-state index in [4.69, 9.17) is 37.0 Å². The summed E-state index contributed by atoms with van der Waals surface area (Å²) >= 11 is 0. The number of aliphatic hydroxyl groups excluding tert-OH is 1. The topological polar surface area (TPSA) is 237 Å². The molecule has 0 aromatic carbocycles. The molecule has 0 aromatic heterocycles. The third-order valence-corrected chi connectivity index (χ3v) is 21.9. The van der Waals surface area contributed by atoms with Gasteiger partial charge in [-0.2, -0.15) is 0 Å². The number of ether oxygens (including phenoxy) is 4. The van der Waals surface area contributed by atoms with E-state index in [0.717, 1.165) is 95.8 Å². The van der Waals surface area contributed by atoms with Crippen molar-refractivity contribution in [3.05, 3.63) is 0 Å². The maximum absolute atomic E-state index is 13.1. The number of esters is 4. The fourth-order valence-electron chi connectivity index (χ4n) is 13.3. The van der Waals surface area contributed by atoms with Gasteiger partial charge in [-0.25, -0.2) is 9.13 Å². The highest BCUT2D eigenvalue weighted by Crippen LogP contribution is 2.45. The second-order valence-corrected chi connectivity index (χ2v) is 34.0. The van der Waals surface area contributed by atoms with Gasteiger partial charge in [0.05, 0.1) is 26.4 Å². The normalized spacial score (nSPS) is 13.8. The molecule has 0 spiro atoms. The third kappa shape index (κ3) is 78.2. The Kier molecular flexibility index (Phi) is 76.3. The Bertz CT molecular complexity index is 1980. The summed E-state index contributed by atoms with van der Waals surface area (Å²) in [6.45, 7) is 7.34. The molecule has 0 amide bonds. The first-order valence-corrected chi connectivity index (χ1v) is 47.1. The Morgan fingerprint density at radius 3 is 0.654 bits per heavy atom.